The van der Waals surface area contributed by atoms with Crippen LogP contribution in [0.25, 0.3) is 5.65 Å². The van der Waals surface area contributed by atoms with Crippen LogP contribution in [0, 0.1) is 5.92 Å². The van der Waals surface area contributed by atoms with Gasteiger partial charge >= 0.3 is 6.09 Å². The Hall–Kier alpha value is -2.37. The van der Waals surface area contributed by atoms with E-state index in [0.29, 0.717) is 18.5 Å². The molecule has 2 aliphatic heterocycles. The molecule has 0 spiro atoms. The summed E-state index contributed by atoms with van der Waals surface area (Å²) in [4.78, 5) is 32.2. The summed E-state index contributed by atoms with van der Waals surface area (Å²) in [7, 11) is 0. The molecule has 144 valence electrons. The van der Waals surface area contributed by atoms with Gasteiger partial charge in [0.2, 0.25) is 0 Å². The summed E-state index contributed by atoms with van der Waals surface area (Å²) in [5, 5.41) is 0. The Kier molecular flexibility index (Phi) is 4.44. The van der Waals surface area contributed by atoms with Gasteiger partial charge in [0.25, 0.3) is 0 Å². The van der Waals surface area contributed by atoms with Crippen molar-refractivity contribution >= 4 is 17.5 Å². The van der Waals surface area contributed by atoms with Crippen LogP contribution in [0.2, 0.25) is 0 Å². The standard InChI is InChI=1S/C21H27N3O3/c1-21(2,3)27-20(26)24-15-6-4-7-16(24)13-14(12-15)19(25)17-8-5-9-18-22-10-11-23(17)18/h5,8-11,14-16H,4,6-7,12-13H2,1-3H3. The zero-order valence-electron chi connectivity index (χ0n) is 16.2. The maximum atomic E-state index is 13.3. The number of nitrogens with zero attached hydrogens (tertiary/aromatic N) is 3. The fourth-order valence-electron chi connectivity index (χ4n) is 4.57. The Morgan fingerprint density at radius 2 is 1.85 bits per heavy atom. The molecule has 6 heteroatoms. The van der Waals surface area contributed by atoms with Crippen molar-refractivity contribution in [3.8, 4) is 0 Å². The summed E-state index contributed by atoms with van der Waals surface area (Å²) in [6, 6.07) is 5.82. The first-order chi connectivity index (χ1) is 12.8. The molecule has 2 aliphatic rings. The summed E-state index contributed by atoms with van der Waals surface area (Å²) in [6.07, 6.45) is 7.71. The third-order valence-electron chi connectivity index (χ3n) is 5.63. The Morgan fingerprint density at radius 3 is 2.52 bits per heavy atom. The Morgan fingerprint density at radius 1 is 1.15 bits per heavy atom. The molecule has 27 heavy (non-hydrogen) atoms. The molecular formula is C21H27N3O3. The summed E-state index contributed by atoms with van der Waals surface area (Å²) in [5.41, 5.74) is 0.959. The molecule has 1 amide bonds. The molecule has 0 saturated carbocycles. The molecule has 4 rings (SSSR count). The smallest absolute Gasteiger partial charge is 0.410 e. The van der Waals surface area contributed by atoms with Crippen LogP contribution in [0.5, 0.6) is 0 Å². The maximum absolute atomic E-state index is 13.3. The van der Waals surface area contributed by atoms with Gasteiger partial charge in [-0.2, -0.15) is 0 Å². The van der Waals surface area contributed by atoms with Crippen LogP contribution in [0.3, 0.4) is 0 Å². The van der Waals surface area contributed by atoms with Gasteiger partial charge in [-0.1, -0.05) is 6.07 Å². The van der Waals surface area contributed by atoms with Gasteiger partial charge in [0.1, 0.15) is 11.2 Å². The number of imidazole rings is 1. The molecule has 2 unspecified atom stereocenters. The molecule has 0 N–H and O–H groups in total. The number of aromatic nitrogens is 2. The number of Topliss-reactive ketones (excluding diaryl/α,β-unsaturated/α-hetero) is 1. The first-order valence-corrected chi connectivity index (χ1v) is 9.81. The highest BCUT2D eigenvalue weighted by molar-refractivity contribution is 5.97. The lowest BCUT2D eigenvalue weighted by molar-refractivity contribution is -0.0261. The van der Waals surface area contributed by atoms with Crippen molar-refractivity contribution in [3.05, 3.63) is 36.3 Å². The molecule has 2 saturated heterocycles. The lowest BCUT2D eigenvalue weighted by Gasteiger charge is -2.48. The molecule has 2 atom stereocenters. The maximum Gasteiger partial charge on any atom is 0.410 e. The lowest BCUT2D eigenvalue weighted by Crippen LogP contribution is -2.56. The molecule has 0 aliphatic carbocycles. The first-order valence-electron chi connectivity index (χ1n) is 9.81. The fourth-order valence-corrected chi connectivity index (χ4v) is 4.57. The summed E-state index contributed by atoms with van der Waals surface area (Å²) < 4.78 is 7.49. The summed E-state index contributed by atoms with van der Waals surface area (Å²) in [6.45, 7) is 5.67. The fraction of sp³-hybridized carbons (Fsp3) is 0.571. The quantitative estimate of drug-likeness (QED) is 0.748. The molecule has 0 aromatic carbocycles. The third kappa shape index (κ3) is 3.45. The molecule has 0 radical (unpaired) electrons. The van der Waals surface area contributed by atoms with Crippen molar-refractivity contribution in [2.24, 2.45) is 5.92 Å². The monoisotopic (exact) mass is 369 g/mol. The second kappa shape index (κ2) is 6.66. The third-order valence-corrected chi connectivity index (χ3v) is 5.63. The van der Waals surface area contributed by atoms with Crippen molar-refractivity contribution in [2.45, 2.75) is 70.6 Å². The van der Waals surface area contributed by atoms with Crippen LogP contribution in [0.4, 0.5) is 4.79 Å². The topological polar surface area (TPSA) is 63.9 Å². The highest BCUT2D eigenvalue weighted by atomic mass is 16.6. The van der Waals surface area contributed by atoms with Gasteiger partial charge in [-0.15, -0.1) is 0 Å². The van der Waals surface area contributed by atoms with Crippen molar-refractivity contribution in [3.63, 3.8) is 0 Å². The second-order valence-corrected chi connectivity index (χ2v) is 8.73. The molecule has 4 heterocycles. The normalized spacial score (nSPS) is 25.4. The molecule has 2 bridgehead atoms. The number of pyridine rings is 1. The molecule has 2 aromatic heterocycles. The van der Waals surface area contributed by atoms with Crippen LogP contribution in [-0.2, 0) is 4.74 Å². The largest absolute Gasteiger partial charge is 0.444 e. The highest BCUT2D eigenvalue weighted by Crippen LogP contribution is 2.39. The SMILES string of the molecule is CC(C)(C)OC(=O)N1C2CCCC1CC(C(=O)c1cccc3nccn13)C2. The molecule has 2 fully saturated rings. The van der Waals surface area contributed by atoms with E-state index < -0.39 is 5.60 Å². The van der Waals surface area contributed by atoms with E-state index in [9.17, 15) is 9.59 Å². The van der Waals surface area contributed by atoms with Gasteiger partial charge in [0.05, 0.1) is 5.69 Å². The van der Waals surface area contributed by atoms with E-state index in [1.54, 1.807) is 6.20 Å². The Labute approximate surface area is 159 Å². The highest BCUT2D eigenvalue weighted by Gasteiger charge is 2.44. The van der Waals surface area contributed by atoms with Crippen molar-refractivity contribution < 1.29 is 14.3 Å². The second-order valence-electron chi connectivity index (χ2n) is 8.73. The number of carbonyl (C=O) groups excluding carboxylic acids is 2. The number of hydrogen-bond donors (Lipinski definition) is 0. The van der Waals surface area contributed by atoms with E-state index in [1.807, 2.05) is 54.5 Å². The number of ether oxygens (including phenoxy) is 1. The number of ketones is 1. The van der Waals surface area contributed by atoms with Crippen LogP contribution >= 0.6 is 0 Å². The molecular weight excluding hydrogens is 342 g/mol. The summed E-state index contributed by atoms with van der Waals surface area (Å²) in [5.74, 6) is 0.0892. The van der Waals surface area contributed by atoms with Crippen molar-refractivity contribution in [2.75, 3.05) is 0 Å². The predicted molar refractivity (Wildman–Crippen MR) is 102 cm³/mol. The number of fused-ring (bicyclic) bond motifs is 3. The van der Waals surface area contributed by atoms with Crippen LogP contribution in [-0.4, -0.2) is 43.8 Å². The molecule has 6 nitrogen and oxygen atoms in total. The Bertz CT molecular complexity index is 853. The minimum absolute atomic E-state index is 0.0630. The minimum atomic E-state index is -0.505. The van der Waals surface area contributed by atoms with Gasteiger partial charge in [-0.3, -0.25) is 9.20 Å². The van der Waals surface area contributed by atoms with E-state index in [1.165, 1.54) is 0 Å². The number of amides is 1. The van der Waals surface area contributed by atoms with Gasteiger partial charge < -0.3 is 9.64 Å². The average molecular weight is 369 g/mol. The zero-order chi connectivity index (χ0) is 19.2. The number of hydrogen-bond acceptors (Lipinski definition) is 4. The van der Waals surface area contributed by atoms with Crippen LogP contribution in [0.15, 0.2) is 30.6 Å². The van der Waals surface area contributed by atoms with Gasteiger partial charge in [0.15, 0.2) is 5.78 Å². The van der Waals surface area contributed by atoms with E-state index >= 15 is 0 Å². The molecule has 2 aromatic rings. The van der Waals surface area contributed by atoms with E-state index in [2.05, 4.69) is 4.98 Å². The van der Waals surface area contributed by atoms with Gasteiger partial charge in [-0.25, -0.2) is 9.78 Å². The van der Waals surface area contributed by atoms with Crippen molar-refractivity contribution in [1.82, 2.24) is 14.3 Å². The lowest BCUT2D eigenvalue weighted by atomic mass is 9.76. The predicted octanol–water partition coefficient (Wildman–Crippen LogP) is 4.09. The van der Waals surface area contributed by atoms with E-state index in [4.69, 9.17) is 4.74 Å². The van der Waals surface area contributed by atoms with Crippen molar-refractivity contribution in [1.29, 1.82) is 0 Å². The number of rotatable bonds is 2. The van der Waals surface area contributed by atoms with Gasteiger partial charge in [0, 0.05) is 30.4 Å². The number of carbonyl (C=O) groups is 2. The van der Waals surface area contributed by atoms with Gasteiger partial charge in [-0.05, 0) is 65.0 Å². The summed E-state index contributed by atoms with van der Waals surface area (Å²) >= 11 is 0. The number of piperidine rings is 2. The van der Waals surface area contributed by atoms with Crippen LogP contribution in [0.1, 0.15) is 63.4 Å². The van der Waals surface area contributed by atoms with E-state index in [0.717, 1.165) is 24.9 Å². The average Bonchev–Trinajstić information content (AvgIpc) is 3.07. The van der Waals surface area contributed by atoms with Crippen LogP contribution < -0.4 is 0 Å². The minimum Gasteiger partial charge on any atom is -0.444 e. The Balaban J connectivity index is 1.55. The zero-order valence-corrected chi connectivity index (χ0v) is 16.2. The first kappa shape index (κ1) is 18.0. The van der Waals surface area contributed by atoms with E-state index in [-0.39, 0.29) is 29.9 Å².